The van der Waals surface area contributed by atoms with Crippen LogP contribution in [0.15, 0.2) is 24.5 Å². The number of hydrogen-bond acceptors (Lipinski definition) is 3. The van der Waals surface area contributed by atoms with Crippen LogP contribution in [-0.4, -0.2) is 24.2 Å². The lowest BCUT2D eigenvalue weighted by Crippen LogP contribution is -2.47. The fourth-order valence-corrected chi connectivity index (χ4v) is 0.733. The van der Waals surface area contributed by atoms with Gasteiger partial charge in [0.15, 0.2) is 6.61 Å². The molecule has 0 aromatic carbocycles. The summed E-state index contributed by atoms with van der Waals surface area (Å²) in [5.41, 5.74) is 0. The zero-order chi connectivity index (χ0) is 8.81. The topological polar surface area (TPSA) is 43.1 Å². The molecule has 0 bridgehead atoms. The Hall–Kier alpha value is -1.29. The molecule has 0 aliphatic carbocycles. The van der Waals surface area contributed by atoms with Crippen LogP contribution in [0, 0.1) is 0 Å². The molecule has 0 atom stereocenters. The van der Waals surface area contributed by atoms with Crippen LogP contribution in [0.25, 0.3) is 0 Å². The van der Waals surface area contributed by atoms with Crippen molar-refractivity contribution >= 4 is 5.91 Å². The van der Waals surface area contributed by atoms with Gasteiger partial charge in [0.05, 0.1) is 6.20 Å². The van der Waals surface area contributed by atoms with E-state index in [0.717, 1.165) is 0 Å². The molecule has 0 saturated carbocycles. The van der Waals surface area contributed by atoms with E-state index in [1.807, 2.05) is 6.92 Å². The van der Waals surface area contributed by atoms with Crippen LogP contribution < -0.4 is 4.68 Å². The van der Waals surface area contributed by atoms with Gasteiger partial charge in [-0.1, -0.05) is 0 Å². The van der Waals surface area contributed by atoms with Crippen LogP contribution in [0.5, 0.6) is 0 Å². The highest BCUT2D eigenvalue weighted by Gasteiger charge is 2.14. The average Bonchev–Trinajstić information content (AvgIpc) is 2.15. The van der Waals surface area contributed by atoms with Crippen molar-refractivity contribution in [2.75, 3.05) is 13.2 Å². The van der Waals surface area contributed by atoms with E-state index in [9.17, 15) is 4.79 Å². The van der Waals surface area contributed by atoms with Gasteiger partial charge >= 0.3 is 5.91 Å². The summed E-state index contributed by atoms with van der Waals surface area (Å²) in [5.74, 6) is -0.155. The molecule has 64 valence electrons. The molecule has 0 spiro atoms. The van der Waals surface area contributed by atoms with Gasteiger partial charge in [0, 0.05) is 17.8 Å². The van der Waals surface area contributed by atoms with Crippen LogP contribution in [0.3, 0.4) is 0 Å². The molecule has 0 saturated heterocycles. The minimum atomic E-state index is -0.155. The molecular formula is C8H11N2O2+. The highest BCUT2D eigenvalue weighted by molar-refractivity contribution is 5.67. The highest BCUT2D eigenvalue weighted by Crippen LogP contribution is 1.75. The minimum absolute atomic E-state index is 0.0815. The summed E-state index contributed by atoms with van der Waals surface area (Å²) in [6.45, 7) is 2.47. The molecule has 12 heavy (non-hydrogen) atoms. The van der Waals surface area contributed by atoms with Gasteiger partial charge in [-0.25, -0.2) is 4.79 Å². The Morgan fingerprint density at radius 2 is 2.42 bits per heavy atom. The van der Waals surface area contributed by atoms with Gasteiger partial charge in [-0.15, -0.1) is 0 Å². The lowest BCUT2D eigenvalue weighted by molar-refractivity contribution is -0.638. The standard InChI is InChI=1S/C8H11N2O2/c1-2-12-7-8(11)10-6-4-3-5-9-10/h3-6H,2,7H2,1H3/q+1. The number of nitrogens with zero attached hydrogens (tertiary/aromatic N) is 2. The molecule has 4 nitrogen and oxygen atoms in total. The van der Waals surface area contributed by atoms with Gasteiger partial charge in [0.2, 0.25) is 6.20 Å². The molecule has 0 unspecified atom stereocenters. The molecular weight excluding hydrogens is 156 g/mol. The van der Waals surface area contributed by atoms with E-state index in [0.29, 0.717) is 6.61 Å². The Labute approximate surface area is 70.8 Å². The van der Waals surface area contributed by atoms with Crippen molar-refractivity contribution in [2.45, 2.75) is 6.92 Å². The number of carbonyl (C=O) groups is 1. The van der Waals surface area contributed by atoms with Gasteiger partial charge < -0.3 is 4.74 Å². The Morgan fingerprint density at radius 3 is 3.00 bits per heavy atom. The van der Waals surface area contributed by atoms with Gasteiger partial charge in [-0.05, 0) is 17.7 Å². The van der Waals surface area contributed by atoms with Crippen LogP contribution in [0.2, 0.25) is 0 Å². The van der Waals surface area contributed by atoms with Crippen molar-refractivity contribution in [3.05, 3.63) is 24.5 Å². The summed E-state index contributed by atoms with van der Waals surface area (Å²) in [5, 5.41) is 3.82. The molecule has 0 N–H and O–H groups in total. The van der Waals surface area contributed by atoms with Crippen molar-refractivity contribution in [1.29, 1.82) is 0 Å². The van der Waals surface area contributed by atoms with Crippen LogP contribution in [0.1, 0.15) is 11.7 Å². The third kappa shape index (κ3) is 2.39. The number of ether oxygens (including phenoxy) is 1. The van der Waals surface area contributed by atoms with Crippen molar-refractivity contribution < 1.29 is 14.2 Å². The first-order chi connectivity index (χ1) is 5.84. The lowest BCUT2D eigenvalue weighted by atomic mass is 10.5. The second-order valence-electron chi connectivity index (χ2n) is 2.17. The minimum Gasteiger partial charge on any atom is -0.367 e. The maximum Gasteiger partial charge on any atom is 0.442 e. The highest BCUT2D eigenvalue weighted by atomic mass is 16.5. The van der Waals surface area contributed by atoms with Crippen LogP contribution >= 0.6 is 0 Å². The van der Waals surface area contributed by atoms with E-state index in [2.05, 4.69) is 5.10 Å². The summed E-state index contributed by atoms with van der Waals surface area (Å²) in [6.07, 6.45) is 3.16. The predicted molar refractivity (Wildman–Crippen MR) is 41.6 cm³/mol. The third-order valence-electron chi connectivity index (χ3n) is 1.30. The fraction of sp³-hybridized carbons (Fsp3) is 0.375. The van der Waals surface area contributed by atoms with Crippen LogP contribution in [-0.2, 0) is 4.74 Å². The molecule has 1 aromatic rings. The first kappa shape index (κ1) is 8.80. The SMILES string of the molecule is CCOCC(=O)[n+]1ccccn1. The number of aromatic nitrogens is 2. The molecule has 1 rings (SSSR count). The zero-order valence-electron chi connectivity index (χ0n) is 6.93. The second kappa shape index (κ2) is 4.56. The molecule has 4 heteroatoms. The number of rotatable bonds is 3. The van der Waals surface area contributed by atoms with Gasteiger partial charge in [-0.3, -0.25) is 0 Å². The summed E-state index contributed by atoms with van der Waals surface area (Å²) in [7, 11) is 0. The summed E-state index contributed by atoms with van der Waals surface area (Å²) >= 11 is 0. The molecule has 1 heterocycles. The van der Waals surface area contributed by atoms with Gasteiger partial charge in [0.25, 0.3) is 0 Å². The summed E-state index contributed by atoms with van der Waals surface area (Å²) in [6, 6.07) is 3.50. The van der Waals surface area contributed by atoms with E-state index >= 15 is 0 Å². The second-order valence-corrected chi connectivity index (χ2v) is 2.17. The summed E-state index contributed by atoms with van der Waals surface area (Å²) in [4.78, 5) is 11.2. The van der Waals surface area contributed by atoms with E-state index < -0.39 is 0 Å². The maximum atomic E-state index is 11.2. The van der Waals surface area contributed by atoms with Crippen molar-refractivity contribution in [3.63, 3.8) is 0 Å². The van der Waals surface area contributed by atoms with E-state index in [1.165, 1.54) is 4.68 Å². The lowest BCUT2D eigenvalue weighted by Gasteiger charge is -1.92. The molecule has 0 aliphatic rings. The Morgan fingerprint density at radius 1 is 1.58 bits per heavy atom. The van der Waals surface area contributed by atoms with Gasteiger partial charge in [0.1, 0.15) is 0 Å². The Balaban J connectivity index is 2.54. The average molecular weight is 167 g/mol. The predicted octanol–water partition coefficient (Wildman–Crippen LogP) is 0.0458. The van der Waals surface area contributed by atoms with Crippen molar-refractivity contribution in [3.8, 4) is 0 Å². The number of carbonyl (C=O) groups excluding carboxylic acids is 1. The van der Waals surface area contributed by atoms with Gasteiger partial charge in [-0.2, -0.15) is 0 Å². The quantitative estimate of drug-likeness (QED) is 0.597. The van der Waals surface area contributed by atoms with E-state index in [1.54, 1.807) is 24.5 Å². The summed E-state index contributed by atoms with van der Waals surface area (Å²) < 4.78 is 6.20. The number of hydrogen-bond donors (Lipinski definition) is 0. The zero-order valence-corrected chi connectivity index (χ0v) is 6.93. The molecule has 0 amide bonds. The van der Waals surface area contributed by atoms with Crippen LogP contribution in [0.4, 0.5) is 0 Å². The largest absolute Gasteiger partial charge is 0.442 e. The normalized spacial score (nSPS) is 9.75. The first-order valence-electron chi connectivity index (χ1n) is 3.78. The Bertz CT molecular complexity index is 248. The molecule has 0 aliphatic heterocycles. The maximum absolute atomic E-state index is 11.2. The molecule has 1 aromatic heterocycles. The van der Waals surface area contributed by atoms with E-state index in [4.69, 9.17) is 4.74 Å². The fourth-order valence-electron chi connectivity index (χ4n) is 0.733. The third-order valence-corrected chi connectivity index (χ3v) is 1.30. The van der Waals surface area contributed by atoms with Crippen molar-refractivity contribution in [2.24, 2.45) is 0 Å². The van der Waals surface area contributed by atoms with E-state index in [-0.39, 0.29) is 12.5 Å². The first-order valence-corrected chi connectivity index (χ1v) is 3.78. The smallest absolute Gasteiger partial charge is 0.367 e. The monoisotopic (exact) mass is 167 g/mol. The molecule has 0 radical (unpaired) electrons. The van der Waals surface area contributed by atoms with Crippen molar-refractivity contribution in [1.82, 2.24) is 5.10 Å². The Kier molecular flexibility index (Phi) is 3.35. The molecule has 0 fully saturated rings.